The van der Waals surface area contributed by atoms with Crippen LogP contribution in [0.5, 0.6) is 5.75 Å². The van der Waals surface area contributed by atoms with Gasteiger partial charge in [0.15, 0.2) is 0 Å². The van der Waals surface area contributed by atoms with Crippen LogP contribution in [0.1, 0.15) is 18.5 Å². The quantitative estimate of drug-likeness (QED) is 0.855. The van der Waals surface area contributed by atoms with E-state index in [9.17, 15) is 4.79 Å². The Bertz CT molecular complexity index is 750. The van der Waals surface area contributed by atoms with E-state index in [1.807, 2.05) is 0 Å². The number of carbonyl (C=O) groups excluding carboxylic acids is 1. The van der Waals surface area contributed by atoms with Gasteiger partial charge in [-0.05, 0) is 37.1 Å². The molecule has 0 atom stereocenters. The Morgan fingerprint density at radius 2 is 2.12 bits per heavy atom. The fourth-order valence-electron chi connectivity index (χ4n) is 2.67. The molecule has 2 heterocycles. The maximum absolute atomic E-state index is 12.1. The first kappa shape index (κ1) is 17.3. The molecule has 3 rings (SSSR count). The Hall–Kier alpha value is -2.54. The minimum absolute atomic E-state index is 0.304. The van der Waals surface area contributed by atoms with Crippen molar-refractivity contribution in [2.24, 2.45) is 0 Å². The molecule has 0 aliphatic carbocycles. The summed E-state index contributed by atoms with van der Waals surface area (Å²) in [4.78, 5) is 23.1. The summed E-state index contributed by atoms with van der Waals surface area (Å²) in [5, 5.41) is 6.02. The number of rotatable bonds is 5. The van der Waals surface area contributed by atoms with Gasteiger partial charge in [0.1, 0.15) is 5.75 Å². The minimum Gasteiger partial charge on any atom is -0.495 e. The van der Waals surface area contributed by atoms with Gasteiger partial charge in [-0.25, -0.2) is 14.8 Å². The Labute approximate surface area is 151 Å². The number of aromatic nitrogens is 2. The van der Waals surface area contributed by atoms with Crippen molar-refractivity contribution in [3.05, 3.63) is 41.2 Å². The Morgan fingerprint density at radius 1 is 1.32 bits per heavy atom. The zero-order valence-corrected chi connectivity index (χ0v) is 14.7. The monoisotopic (exact) mass is 361 g/mol. The molecular formula is C17H20ClN5O2. The van der Waals surface area contributed by atoms with E-state index >= 15 is 0 Å². The number of methoxy groups -OCH3 is 1. The third kappa shape index (κ3) is 4.51. The number of hydrogen-bond donors (Lipinski definition) is 2. The normalized spacial score (nSPS) is 13.6. The number of halogens is 1. The van der Waals surface area contributed by atoms with E-state index < -0.39 is 0 Å². The number of nitrogens with one attached hydrogen (secondary N) is 2. The standard InChI is InChI=1S/C17H20ClN5O2/c1-25-15-5-4-12(18)10-14(15)22-17(24)20-11-13-6-7-19-16(21-13)23-8-2-3-9-23/h4-7,10H,2-3,8-9,11H2,1H3,(H2,20,22,24). The first-order valence-corrected chi connectivity index (χ1v) is 8.49. The number of hydrogen-bond acceptors (Lipinski definition) is 5. The van der Waals surface area contributed by atoms with Gasteiger partial charge in [0, 0.05) is 24.3 Å². The summed E-state index contributed by atoms with van der Waals surface area (Å²) in [7, 11) is 1.53. The number of carbonyl (C=O) groups is 1. The molecule has 0 spiro atoms. The average Bonchev–Trinajstić information content (AvgIpc) is 3.15. The summed E-state index contributed by atoms with van der Waals surface area (Å²) in [5.41, 5.74) is 1.26. The van der Waals surface area contributed by atoms with Crippen molar-refractivity contribution in [2.45, 2.75) is 19.4 Å². The van der Waals surface area contributed by atoms with Crippen LogP contribution in [-0.2, 0) is 6.54 Å². The predicted octanol–water partition coefficient (Wildman–Crippen LogP) is 3.06. The van der Waals surface area contributed by atoms with E-state index in [1.54, 1.807) is 30.5 Å². The highest BCUT2D eigenvalue weighted by Crippen LogP contribution is 2.27. The Morgan fingerprint density at radius 3 is 2.88 bits per heavy atom. The van der Waals surface area contributed by atoms with Crippen molar-refractivity contribution in [2.75, 3.05) is 30.4 Å². The molecule has 0 bridgehead atoms. The zero-order chi connectivity index (χ0) is 17.6. The molecule has 25 heavy (non-hydrogen) atoms. The highest BCUT2D eigenvalue weighted by Gasteiger charge is 2.15. The molecule has 7 nitrogen and oxygen atoms in total. The summed E-state index contributed by atoms with van der Waals surface area (Å²) < 4.78 is 5.21. The largest absolute Gasteiger partial charge is 0.495 e. The highest BCUT2D eigenvalue weighted by molar-refractivity contribution is 6.31. The summed E-state index contributed by atoms with van der Waals surface area (Å²) in [5.74, 6) is 1.26. The van der Waals surface area contributed by atoms with E-state index in [2.05, 4.69) is 25.5 Å². The SMILES string of the molecule is COc1ccc(Cl)cc1NC(=O)NCc1ccnc(N2CCCC2)n1. The van der Waals surface area contributed by atoms with E-state index in [-0.39, 0.29) is 6.03 Å². The van der Waals surface area contributed by atoms with Crippen LogP contribution in [0, 0.1) is 0 Å². The topological polar surface area (TPSA) is 79.4 Å². The molecule has 1 aromatic heterocycles. The van der Waals surface area contributed by atoms with Gasteiger partial charge in [-0.15, -0.1) is 0 Å². The second kappa shape index (κ2) is 8.02. The van der Waals surface area contributed by atoms with E-state index in [0.29, 0.717) is 29.0 Å². The molecule has 2 aromatic rings. The van der Waals surface area contributed by atoms with Gasteiger partial charge in [0.05, 0.1) is 25.0 Å². The Kier molecular flexibility index (Phi) is 5.55. The van der Waals surface area contributed by atoms with Gasteiger partial charge >= 0.3 is 6.03 Å². The van der Waals surface area contributed by atoms with Crippen LogP contribution in [0.3, 0.4) is 0 Å². The molecule has 1 aliphatic heterocycles. The van der Waals surface area contributed by atoms with Gasteiger partial charge in [0.25, 0.3) is 0 Å². The minimum atomic E-state index is -0.359. The lowest BCUT2D eigenvalue weighted by molar-refractivity contribution is 0.251. The maximum Gasteiger partial charge on any atom is 0.319 e. The van der Waals surface area contributed by atoms with Crippen LogP contribution in [0.25, 0.3) is 0 Å². The van der Waals surface area contributed by atoms with Crippen molar-refractivity contribution < 1.29 is 9.53 Å². The van der Waals surface area contributed by atoms with Crippen LogP contribution in [0.15, 0.2) is 30.5 Å². The lowest BCUT2D eigenvalue weighted by atomic mass is 10.3. The molecule has 8 heteroatoms. The highest BCUT2D eigenvalue weighted by atomic mass is 35.5. The zero-order valence-electron chi connectivity index (χ0n) is 14.0. The van der Waals surface area contributed by atoms with E-state index in [0.717, 1.165) is 31.6 Å². The Balaban J connectivity index is 1.59. The van der Waals surface area contributed by atoms with E-state index in [1.165, 1.54) is 7.11 Å². The van der Waals surface area contributed by atoms with Crippen molar-refractivity contribution in [1.29, 1.82) is 0 Å². The summed E-state index contributed by atoms with van der Waals surface area (Å²) in [6.07, 6.45) is 4.04. The molecule has 0 saturated carbocycles. The predicted molar refractivity (Wildman–Crippen MR) is 97.3 cm³/mol. The summed E-state index contributed by atoms with van der Waals surface area (Å²) in [6.45, 7) is 2.26. The van der Waals surface area contributed by atoms with Crippen molar-refractivity contribution >= 4 is 29.3 Å². The number of nitrogens with zero attached hydrogens (tertiary/aromatic N) is 3. The van der Waals surface area contributed by atoms with Crippen LogP contribution < -0.4 is 20.3 Å². The maximum atomic E-state index is 12.1. The molecule has 2 N–H and O–H groups in total. The van der Waals surface area contributed by atoms with E-state index in [4.69, 9.17) is 16.3 Å². The summed E-state index contributed by atoms with van der Waals surface area (Å²) in [6, 6.07) is 6.46. The lowest BCUT2D eigenvalue weighted by Gasteiger charge is -2.15. The van der Waals surface area contributed by atoms with Crippen molar-refractivity contribution in [3.8, 4) is 5.75 Å². The third-order valence-electron chi connectivity index (χ3n) is 3.93. The van der Waals surface area contributed by atoms with Gasteiger partial charge in [-0.3, -0.25) is 0 Å². The molecule has 1 aliphatic rings. The summed E-state index contributed by atoms with van der Waals surface area (Å²) >= 11 is 5.96. The van der Waals surface area contributed by atoms with Crippen molar-refractivity contribution in [3.63, 3.8) is 0 Å². The number of urea groups is 1. The van der Waals surface area contributed by atoms with Gasteiger partial charge in [-0.1, -0.05) is 11.6 Å². The van der Waals surface area contributed by atoms with Gasteiger partial charge in [0.2, 0.25) is 5.95 Å². The fourth-order valence-corrected chi connectivity index (χ4v) is 2.84. The molecule has 0 unspecified atom stereocenters. The molecule has 132 valence electrons. The first-order valence-electron chi connectivity index (χ1n) is 8.11. The smallest absolute Gasteiger partial charge is 0.319 e. The van der Waals surface area contributed by atoms with Gasteiger partial charge < -0.3 is 20.3 Å². The lowest BCUT2D eigenvalue weighted by Crippen LogP contribution is -2.29. The average molecular weight is 362 g/mol. The van der Waals surface area contributed by atoms with Crippen LogP contribution in [-0.4, -0.2) is 36.2 Å². The van der Waals surface area contributed by atoms with Crippen LogP contribution in [0.2, 0.25) is 5.02 Å². The number of benzene rings is 1. The molecule has 0 radical (unpaired) electrons. The van der Waals surface area contributed by atoms with Crippen LogP contribution in [0.4, 0.5) is 16.4 Å². The fraction of sp³-hybridized carbons (Fsp3) is 0.353. The number of ether oxygens (including phenoxy) is 1. The molecule has 2 amide bonds. The van der Waals surface area contributed by atoms with Crippen LogP contribution >= 0.6 is 11.6 Å². The molecule has 1 fully saturated rings. The molecular weight excluding hydrogens is 342 g/mol. The number of amides is 2. The second-order valence-electron chi connectivity index (χ2n) is 5.69. The number of anilines is 2. The van der Waals surface area contributed by atoms with Crippen molar-refractivity contribution in [1.82, 2.24) is 15.3 Å². The molecule has 1 aromatic carbocycles. The van der Waals surface area contributed by atoms with Gasteiger partial charge in [-0.2, -0.15) is 0 Å². The second-order valence-corrected chi connectivity index (χ2v) is 6.13. The first-order chi connectivity index (χ1) is 12.2. The molecule has 1 saturated heterocycles. The third-order valence-corrected chi connectivity index (χ3v) is 4.16.